The summed E-state index contributed by atoms with van der Waals surface area (Å²) in [5, 5.41) is 0. The third-order valence-corrected chi connectivity index (χ3v) is 5.33. The SMILES string of the molecule is Cc1ccc(CN2COc3cc(C)c4c(c3C2)O/C(=C\c2ccco2)C4=O)cc1. The van der Waals surface area contributed by atoms with Crippen LogP contribution in [0.15, 0.2) is 58.9 Å². The largest absolute Gasteiger partial charge is 0.478 e. The number of ether oxygens (including phenoxy) is 2. The minimum Gasteiger partial charge on any atom is -0.478 e. The number of rotatable bonds is 3. The van der Waals surface area contributed by atoms with Gasteiger partial charge in [0.25, 0.3) is 0 Å². The molecular formula is C24H21NO4. The number of fused-ring (bicyclic) bond motifs is 3. The molecule has 0 spiro atoms. The second-order valence-electron chi connectivity index (χ2n) is 7.58. The third kappa shape index (κ3) is 3.23. The fraction of sp³-hybridized carbons (Fsp3) is 0.208. The van der Waals surface area contributed by atoms with E-state index in [1.807, 2.05) is 13.0 Å². The van der Waals surface area contributed by atoms with E-state index in [0.29, 0.717) is 30.3 Å². The Hall–Kier alpha value is -3.31. The van der Waals surface area contributed by atoms with Crippen molar-refractivity contribution >= 4 is 11.9 Å². The summed E-state index contributed by atoms with van der Waals surface area (Å²) in [6.45, 7) is 5.93. The molecule has 2 aromatic carbocycles. The van der Waals surface area contributed by atoms with Crippen LogP contribution in [-0.4, -0.2) is 17.4 Å². The van der Waals surface area contributed by atoms with Crippen LogP contribution in [0.5, 0.6) is 11.5 Å². The van der Waals surface area contributed by atoms with Crippen LogP contribution >= 0.6 is 0 Å². The fourth-order valence-corrected chi connectivity index (χ4v) is 3.83. The van der Waals surface area contributed by atoms with E-state index in [9.17, 15) is 4.79 Å². The van der Waals surface area contributed by atoms with Crippen LogP contribution in [0.2, 0.25) is 0 Å². The highest BCUT2D eigenvalue weighted by atomic mass is 16.5. The molecular weight excluding hydrogens is 366 g/mol. The zero-order valence-electron chi connectivity index (χ0n) is 16.4. The summed E-state index contributed by atoms with van der Waals surface area (Å²) < 4.78 is 17.4. The van der Waals surface area contributed by atoms with Gasteiger partial charge in [-0.1, -0.05) is 29.8 Å². The van der Waals surface area contributed by atoms with Gasteiger partial charge in [0.15, 0.2) is 5.76 Å². The number of aryl methyl sites for hydroxylation is 2. The monoisotopic (exact) mass is 387 g/mol. The van der Waals surface area contributed by atoms with Gasteiger partial charge >= 0.3 is 0 Å². The van der Waals surface area contributed by atoms with Gasteiger partial charge in [0.05, 0.1) is 17.4 Å². The van der Waals surface area contributed by atoms with Gasteiger partial charge in [-0.15, -0.1) is 0 Å². The molecule has 0 fully saturated rings. The highest BCUT2D eigenvalue weighted by molar-refractivity contribution is 6.15. The number of furan rings is 1. The first-order chi connectivity index (χ1) is 14.1. The zero-order valence-corrected chi connectivity index (χ0v) is 16.4. The molecule has 0 saturated carbocycles. The van der Waals surface area contributed by atoms with Gasteiger partial charge in [0.2, 0.25) is 5.78 Å². The molecule has 0 unspecified atom stereocenters. The number of nitrogens with zero attached hydrogens (tertiary/aromatic N) is 1. The summed E-state index contributed by atoms with van der Waals surface area (Å²) in [4.78, 5) is 15.1. The second kappa shape index (κ2) is 6.94. The lowest BCUT2D eigenvalue weighted by Gasteiger charge is -2.30. The van der Waals surface area contributed by atoms with Gasteiger partial charge in [-0.2, -0.15) is 0 Å². The van der Waals surface area contributed by atoms with Gasteiger partial charge < -0.3 is 13.9 Å². The molecule has 3 aromatic rings. The van der Waals surface area contributed by atoms with Gasteiger partial charge in [-0.3, -0.25) is 9.69 Å². The van der Waals surface area contributed by atoms with E-state index >= 15 is 0 Å². The summed E-state index contributed by atoms with van der Waals surface area (Å²) in [6, 6.07) is 14.0. The van der Waals surface area contributed by atoms with Gasteiger partial charge in [0, 0.05) is 19.2 Å². The maximum Gasteiger partial charge on any atom is 0.232 e. The first-order valence-corrected chi connectivity index (χ1v) is 9.63. The Bertz CT molecular complexity index is 1110. The van der Waals surface area contributed by atoms with Gasteiger partial charge in [-0.05, 0) is 43.2 Å². The summed E-state index contributed by atoms with van der Waals surface area (Å²) >= 11 is 0. The molecule has 29 heavy (non-hydrogen) atoms. The first kappa shape index (κ1) is 17.8. The van der Waals surface area contributed by atoms with E-state index in [-0.39, 0.29) is 11.5 Å². The van der Waals surface area contributed by atoms with Crippen molar-refractivity contribution in [2.24, 2.45) is 0 Å². The topological polar surface area (TPSA) is 51.9 Å². The predicted octanol–water partition coefficient (Wildman–Crippen LogP) is 4.86. The molecule has 0 saturated heterocycles. The highest BCUT2D eigenvalue weighted by Gasteiger charge is 2.35. The molecule has 5 heteroatoms. The van der Waals surface area contributed by atoms with Crippen LogP contribution in [0.25, 0.3) is 6.08 Å². The van der Waals surface area contributed by atoms with Crippen molar-refractivity contribution in [1.29, 1.82) is 0 Å². The molecule has 0 N–H and O–H groups in total. The molecule has 2 aliphatic heterocycles. The molecule has 3 heterocycles. The number of allylic oxidation sites excluding steroid dienone is 1. The number of benzene rings is 2. The average molecular weight is 387 g/mol. The zero-order chi connectivity index (χ0) is 20.0. The van der Waals surface area contributed by atoms with Gasteiger partial charge in [0.1, 0.15) is 24.0 Å². The molecule has 146 valence electrons. The third-order valence-electron chi connectivity index (χ3n) is 5.33. The summed E-state index contributed by atoms with van der Waals surface area (Å²) in [6.07, 6.45) is 3.21. The maximum absolute atomic E-state index is 12.9. The van der Waals surface area contributed by atoms with Crippen molar-refractivity contribution in [2.45, 2.75) is 26.9 Å². The highest BCUT2D eigenvalue weighted by Crippen LogP contribution is 2.44. The van der Waals surface area contributed by atoms with E-state index in [1.165, 1.54) is 11.1 Å². The smallest absolute Gasteiger partial charge is 0.232 e. The number of hydrogen-bond donors (Lipinski definition) is 0. The Labute approximate surface area is 169 Å². The van der Waals surface area contributed by atoms with E-state index in [1.54, 1.807) is 24.5 Å². The number of hydrogen-bond acceptors (Lipinski definition) is 5. The minimum atomic E-state index is -0.118. The number of carbonyl (C=O) groups excluding carboxylic acids is 1. The van der Waals surface area contributed by atoms with Crippen molar-refractivity contribution in [3.05, 3.63) is 88.1 Å². The maximum atomic E-state index is 12.9. The van der Waals surface area contributed by atoms with Gasteiger partial charge in [-0.25, -0.2) is 0 Å². The van der Waals surface area contributed by atoms with Crippen LogP contribution in [0.4, 0.5) is 0 Å². The van der Waals surface area contributed by atoms with Crippen LogP contribution in [0.1, 0.15) is 38.4 Å². The quantitative estimate of drug-likeness (QED) is 0.601. The summed E-state index contributed by atoms with van der Waals surface area (Å²) in [5.74, 6) is 2.14. The molecule has 5 nitrogen and oxygen atoms in total. The number of ketones is 1. The van der Waals surface area contributed by atoms with E-state index in [2.05, 4.69) is 36.1 Å². The standard InChI is InChI=1S/C24H21NO4/c1-15-5-7-17(8-6-15)12-25-13-19-20(28-14-25)10-16(2)22-23(26)21(29-24(19)22)11-18-4-3-9-27-18/h3-11H,12-14H2,1-2H3/b21-11-. The Morgan fingerprint density at radius 2 is 1.97 bits per heavy atom. The predicted molar refractivity (Wildman–Crippen MR) is 109 cm³/mol. The fourth-order valence-electron chi connectivity index (χ4n) is 3.83. The second-order valence-corrected chi connectivity index (χ2v) is 7.58. The Morgan fingerprint density at radius 3 is 2.72 bits per heavy atom. The Morgan fingerprint density at radius 1 is 1.14 bits per heavy atom. The number of Topliss-reactive ketones (excluding diaryl/α,β-unsaturated/α-hetero) is 1. The lowest BCUT2D eigenvalue weighted by molar-refractivity contribution is 0.0872. The minimum absolute atomic E-state index is 0.118. The molecule has 0 aliphatic carbocycles. The Balaban J connectivity index is 1.46. The van der Waals surface area contributed by atoms with Crippen LogP contribution < -0.4 is 9.47 Å². The lowest BCUT2D eigenvalue weighted by atomic mass is 9.98. The van der Waals surface area contributed by atoms with Crippen molar-refractivity contribution in [3.63, 3.8) is 0 Å². The van der Waals surface area contributed by atoms with Crippen LogP contribution in [-0.2, 0) is 13.1 Å². The van der Waals surface area contributed by atoms with E-state index < -0.39 is 0 Å². The van der Waals surface area contributed by atoms with Crippen molar-refractivity contribution in [3.8, 4) is 11.5 Å². The molecule has 2 aliphatic rings. The van der Waals surface area contributed by atoms with Crippen molar-refractivity contribution in [1.82, 2.24) is 4.90 Å². The summed E-state index contributed by atoms with van der Waals surface area (Å²) in [7, 11) is 0. The van der Waals surface area contributed by atoms with Crippen LogP contribution in [0.3, 0.4) is 0 Å². The Kier molecular flexibility index (Phi) is 4.25. The molecule has 0 amide bonds. The van der Waals surface area contributed by atoms with Crippen molar-refractivity contribution < 1.29 is 18.7 Å². The van der Waals surface area contributed by atoms with Crippen molar-refractivity contribution in [2.75, 3.05) is 6.73 Å². The molecule has 0 bridgehead atoms. The first-order valence-electron chi connectivity index (χ1n) is 9.63. The molecule has 1 aromatic heterocycles. The lowest BCUT2D eigenvalue weighted by Crippen LogP contribution is -2.31. The summed E-state index contributed by atoms with van der Waals surface area (Å²) in [5.41, 5.74) is 4.85. The van der Waals surface area contributed by atoms with E-state index in [4.69, 9.17) is 13.9 Å². The average Bonchev–Trinajstić information content (AvgIpc) is 3.33. The molecule has 0 atom stereocenters. The molecule has 5 rings (SSSR count). The van der Waals surface area contributed by atoms with Crippen LogP contribution in [0, 0.1) is 13.8 Å². The number of carbonyl (C=O) groups is 1. The molecule has 0 radical (unpaired) electrons. The van der Waals surface area contributed by atoms with E-state index in [0.717, 1.165) is 23.4 Å². The normalized spacial score (nSPS) is 17.0.